The summed E-state index contributed by atoms with van der Waals surface area (Å²) in [7, 11) is 0. The van der Waals surface area contributed by atoms with Gasteiger partial charge in [-0.3, -0.25) is 4.79 Å². The summed E-state index contributed by atoms with van der Waals surface area (Å²) in [6.45, 7) is 1.60. The standard InChI is InChI=1S/C81H137NO18/c1-3-5-7-9-11-13-15-17-19-21-23-25-27-28-29-30-31-32-33-34-35-36-37-39-41-43-45-47-49-51-53-55-57-59-69(87)82-64(65(86)58-56-54-52-50-48-46-44-42-40-38-26-24-22-20-18-16-14-12-10-8-6-4-2)63-95-79-75(93)72(90)77(67(61-84)97-79)100-81-76(94)73(91)78(68(62-85)98-81)99-80-74(92)71(89)70(88)66(60-83)96-80/h5,7,11,13,17,19,23,25,28-29,31-32,34-35,37,39,48,50,56,58,64-68,70-81,83-86,88-94H,3-4,6,8-10,12,14-16,18,20-22,24,26-27,30,33,36,38,40-47,49,51-55,57,59-63H2,1-2H3,(H,82,87)/b7-5-,13-11-,19-17-,25-23-,29-28-,32-31-,35-34-,39-37-,50-48+,58-56+. The minimum Gasteiger partial charge on any atom is -0.394 e. The van der Waals surface area contributed by atoms with Gasteiger partial charge in [-0.1, -0.05) is 270 Å². The van der Waals surface area contributed by atoms with Crippen LogP contribution in [0.15, 0.2) is 122 Å². The van der Waals surface area contributed by atoms with Crippen LogP contribution in [-0.4, -0.2) is 193 Å². The van der Waals surface area contributed by atoms with Gasteiger partial charge in [0.15, 0.2) is 18.9 Å². The first-order valence-corrected chi connectivity index (χ1v) is 38.8. The summed E-state index contributed by atoms with van der Waals surface area (Å²) in [6, 6.07) is -1.00. The molecule has 0 spiro atoms. The van der Waals surface area contributed by atoms with Crippen LogP contribution in [0.3, 0.4) is 0 Å². The number of carbonyl (C=O) groups is 1. The van der Waals surface area contributed by atoms with E-state index in [0.717, 1.165) is 116 Å². The van der Waals surface area contributed by atoms with Crippen LogP contribution in [0.1, 0.15) is 251 Å². The van der Waals surface area contributed by atoms with E-state index in [1.165, 1.54) is 103 Å². The average molecular weight is 1410 g/mol. The molecule has 100 heavy (non-hydrogen) atoms. The molecule has 3 rings (SSSR count). The number of allylic oxidation sites excluding steroid dienone is 19. The molecule has 0 radical (unpaired) electrons. The maximum Gasteiger partial charge on any atom is 0.220 e. The first-order chi connectivity index (χ1) is 48.8. The van der Waals surface area contributed by atoms with Crippen molar-refractivity contribution in [1.82, 2.24) is 5.32 Å². The van der Waals surface area contributed by atoms with Gasteiger partial charge < -0.3 is 89.9 Å². The fourth-order valence-corrected chi connectivity index (χ4v) is 12.3. The van der Waals surface area contributed by atoms with Crippen LogP contribution in [0.2, 0.25) is 0 Å². The molecule has 0 bridgehead atoms. The van der Waals surface area contributed by atoms with Crippen molar-refractivity contribution < 1.29 is 89.4 Å². The van der Waals surface area contributed by atoms with Gasteiger partial charge in [-0.25, -0.2) is 0 Å². The quantitative estimate of drug-likeness (QED) is 0.0199. The fourth-order valence-electron chi connectivity index (χ4n) is 12.3. The second-order valence-electron chi connectivity index (χ2n) is 27.1. The van der Waals surface area contributed by atoms with Crippen molar-refractivity contribution in [2.75, 3.05) is 26.4 Å². The molecule has 12 N–H and O–H groups in total. The molecule has 0 aromatic rings. The minimum atomic E-state index is -1.99. The Hall–Kier alpha value is -3.81. The summed E-state index contributed by atoms with van der Waals surface area (Å²) in [4.78, 5) is 13.5. The van der Waals surface area contributed by atoms with Gasteiger partial charge in [0.05, 0.1) is 38.6 Å². The minimum absolute atomic E-state index is 0.218. The second kappa shape index (κ2) is 60.5. The van der Waals surface area contributed by atoms with E-state index in [1.54, 1.807) is 6.08 Å². The molecular weight excluding hydrogens is 1270 g/mol. The molecule has 19 heteroatoms. The Morgan fingerprint density at radius 3 is 1.12 bits per heavy atom. The number of rotatable bonds is 59. The molecule has 17 unspecified atom stereocenters. The molecule has 574 valence electrons. The summed E-state index contributed by atoms with van der Waals surface area (Å²) in [5.41, 5.74) is 0. The van der Waals surface area contributed by atoms with E-state index in [1.807, 2.05) is 6.08 Å². The van der Waals surface area contributed by atoms with Gasteiger partial charge in [0.2, 0.25) is 5.91 Å². The number of ether oxygens (including phenoxy) is 6. The lowest BCUT2D eigenvalue weighted by Crippen LogP contribution is -2.66. The third-order valence-corrected chi connectivity index (χ3v) is 18.5. The third-order valence-electron chi connectivity index (χ3n) is 18.5. The lowest BCUT2D eigenvalue weighted by Gasteiger charge is -2.48. The topological polar surface area (TPSA) is 307 Å². The number of unbranched alkanes of at least 4 members (excludes halogenated alkanes) is 25. The Balaban J connectivity index is 1.40. The van der Waals surface area contributed by atoms with Crippen LogP contribution in [0.25, 0.3) is 0 Å². The molecule has 3 fully saturated rings. The molecule has 3 aliphatic rings. The van der Waals surface area contributed by atoms with E-state index in [0.29, 0.717) is 12.8 Å². The molecule has 0 saturated carbocycles. The summed E-state index contributed by atoms with van der Waals surface area (Å²) in [5.74, 6) is -0.298. The smallest absolute Gasteiger partial charge is 0.220 e. The van der Waals surface area contributed by atoms with Gasteiger partial charge in [0.1, 0.15) is 73.2 Å². The van der Waals surface area contributed by atoms with E-state index < -0.39 is 124 Å². The van der Waals surface area contributed by atoms with Crippen LogP contribution >= 0.6 is 0 Å². The molecule has 3 aliphatic heterocycles. The van der Waals surface area contributed by atoms with Crippen LogP contribution in [0.4, 0.5) is 0 Å². The van der Waals surface area contributed by atoms with Crippen LogP contribution in [0, 0.1) is 0 Å². The zero-order valence-corrected chi connectivity index (χ0v) is 61.1. The number of hydrogen-bond donors (Lipinski definition) is 12. The highest BCUT2D eigenvalue weighted by Crippen LogP contribution is 2.33. The monoisotopic (exact) mass is 1410 g/mol. The third kappa shape index (κ3) is 40.5. The summed E-state index contributed by atoms with van der Waals surface area (Å²) < 4.78 is 34.4. The molecule has 0 aromatic carbocycles. The van der Waals surface area contributed by atoms with Crippen molar-refractivity contribution in [2.24, 2.45) is 0 Å². The zero-order valence-electron chi connectivity index (χ0n) is 61.1. The first kappa shape index (κ1) is 90.4. The number of nitrogens with one attached hydrogen (secondary N) is 1. The van der Waals surface area contributed by atoms with Crippen molar-refractivity contribution in [3.8, 4) is 0 Å². The van der Waals surface area contributed by atoms with E-state index in [-0.39, 0.29) is 18.9 Å². The Bertz CT molecular complexity index is 2280. The molecule has 1 amide bonds. The van der Waals surface area contributed by atoms with Gasteiger partial charge in [-0.15, -0.1) is 0 Å². The highest BCUT2D eigenvalue weighted by molar-refractivity contribution is 5.76. The molecule has 19 nitrogen and oxygen atoms in total. The van der Waals surface area contributed by atoms with Gasteiger partial charge in [-0.05, 0) is 96.3 Å². The first-order valence-electron chi connectivity index (χ1n) is 38.8. The fraction of sp³-hybridized carbons (Fsp3) is 0.741. The van der Waals surface area contributed by atoms with Gasteiger partial charge in [-0.2, -0.15) is 0 Å². The maximum absolute atomic E-state index is 13.5. The van der Waals surface area contributed by atoms with E-state index in [4.69, 9.17) is 28.4 Å². The van der Waals surface area contributed by atoms with E-state index in [2.05, 4.69) is 129 Å². The van der Waals surface area contributed by atoms with Crippen molar-refractivity contribution >= 4 is 5.91 Å². The molecule has 3 heterocycles. The number of aliphatic hydroxyl groups excluding tert-OH is 11. The Kier molecular flexibility index (Phi) is 54.7. The second-order valence-corrected chi connectivity index (χ2v) is 27.1. The van der Waals surface area contributed by atoms with Crippen molar-refractivity contribution in [3.63, 3.8) is 0 Å². The SMILES string of the molecule is CC/C=C\C/C=C\C/C=C\C/C=C\C/C=C\C/C=C\C/C=C\C/C=C\CCCCCCCCCCC(=O)NC(COC1OC(CO)C(OC2OC(CO)C(OC3OC(CO)C(O)C(O)C3O)C(O)C2O)C(O)C1O)C(O)/C=C/CC/C=C/CCCCCCCCCCCCCCCCCC. The van der Waals surface area contributed by atoms with Crippen molar-refractivity contribution in [2.45, 2.75) is 356 Å². The van der Waals surface area contributed by atoms with Crippen LogP contribution in [-0.2, 0) is 33.2 Å². The Morgan fingerprint density at radius 1 is 0.370 bits per heavy atom. The normalized spacial score (nSPS) is 27.1. The Labute approximate surface area is 601 Å². The molecular formula is C81H137NO18. The average Bonchev–Trinajstić information content (AvgIpc) is 0.783. The van der Waals surface area contributed by atoms with E-state index >= 15 is 0 Å². The molecule has 17 atom stereocenters. The van der Waals surface area contributed by atoms with Crippen LogP contribution < -0.4 is 5.32 Å². The highest BCUT2D eigenvalue weighted by Gasteiger charge is 2.53. The van der Waals surface area contributed by atoms with Gasteiger partial charge in [0.25, 0.3) is 0 Å². The molecule has 0 aliphatic carbocycles. The lowest BCUT2D eigenvalue weighted by molar-refractivity contribution is -0.379. The Morgan fingerprint density at radius 2 is 0.700 bits per heavy atom. The molecule has 3 saturated heterocycles. The van der Waals surface area contributed by atoms with Crippen molar-refractivity contribution in [1.29, 1.82) is 0 Å². The number of amides is 1. The number of carbonyl (C=O) groups excluding carboxylic acids is 1. The van der Waals surface area contributed by atoms with Gasteiger partial charge >= 0.3 is 0 Å². The highest BCUT2D eigenvalue weighted by atomic mass is 16.8. The predicted molar refractivity (Wildman–Crippen MR) is 397 cm³/mol. The predicted octanol–water partition coefficient (Wildman–Crippen LogP) is 12.3. The number of hydrogen-bond acceptors (Lipinski definition) is 18. The van der Waals surface area contributed by atoms with Crippen LogP contribution in [0.5, 0.6) is 0 Å². The van der Waals surface area contributed by atoms with Crippen molar-refractivity contribution in [3.05, 3.63) is 122 Å². The van der Waals surface area contributed by atoms with E-state index in [9.17, 15) is 61.0 Å². The summed E-state index contributed by atoms with van der Waals surface area (Å²) in [5, 5.41) is 121. The summed E-state index contributed by atoms with van der Waals surface area (Å²) in [6.07, 6.45) is 57.4. The number of aliphatic hydroxyl groups is 11. The maximum atomic E-state index is 13.5. The van der Waals surface area contributed by atoms with Gasteiger partial charge in [0, 0.05) is 6.42 Å². The zero-order chi connectivity index (χ0) is 72.5. The molecule has 0 aromatic heterocycles. The summed E-state index contributed by atoms with van der Waals surface area (Å²) >= 11 is 0. The largest absolute Gasteiger partial charge is 0.394 e. The lowest BCUT2D eigenvalue weighted by atomic mass is 9.96.